The molecule has 1 radical (unpaired) electrons. The third-order valence-electron chi connectivity index (χ3n) is 17.7. The minimum Gasteiger partial charge on any atom is -0.403 e. The van der Waals surface area contributed by atoms with Crippen LogP contribution < -0.4 is 0 Å². The molecular formula is C44H56BF2O10. The number of hydrogen-bond acceptors (Lipinski definition) is 10. The van der Waals surface area contributed by atoms with Crippen molar-refractivity contribution in [2.75, 3.05) is 0 Å². The molecule has 8 rings (SSSR count). The maximum atomic E-state index is 17.5. The molecule has 0 heterocycles. The second kappa shape index (κ2) is 12.9. The van der Waals surface area contributed by atoms with Gasteiger partial charge in [0.15, 0.2) is 34.5 Å². The van der Waals surface area contributed by atoms with Crippen molar-refractivity contribution in [3.05, 3.63) is 47.6 Å². The number of rotatable bonds is 8. The normalized spacial score (nSPS) is 50.6. The van der Waals surface area contributed by atoms with Gasteiger partial charge in [0.1, 0.15) is 23.4 Å². The van der Waals surface area contributed by atoms with Crippen LogP contribution >= 0.6 is 0 Å². The number of hydrogen-bond donors (Lipinski definition) is 4. The zero-order valence-electron chi connectivity index (χ0n) is 33.7. The Labute approximate surface area is 333 Å². The average Bonchev–Trinajstić information content (AvgIpc) is 3.58. The van der Waals surface area contributed by atoms with Gasteiger partial charge in [-0.25, -0.2) is 8.78 Å². The minimum atomic E-state index is -2.10. The largest absolute Gasteiger partial charge is 0.489 e. The number of carbonyl (C=O) groups excluding carboxylic acids is 4. The predicted octanol–water partition coefficient (Wildman–Crippen LogP) is 4.67. The highest BCUT2D eigenvalue weighted by molar-refractivity contribution is 6.20. The van der Waals surface area contributed by atoms with E-state index in [0.29, 0.717) is 49.7 Å². The molecule has 8 aliphatic rings. The molecule has 16 unspecified atom stereocenters. The van der Waals surface area contributed by atoms with E-state index in [9.17, 15) is 39.6 Å². The van der Waals surface area contributed by atoms with Gasteiger partial charge in [-0.15, -0.1) is 0 Å². The fraction of sp³-hybridized carbons (Fsp3) is 0.727. The number of fused-ring (bicyclic) bond motifs is 10. The summed E-state index contributed by atoms with van der Waals surface area (Å²) in [5.74, 6) is -3.99. The van der Waals surface area contributed by atoms with Crippen molar-refractivity contribution in [3.63, 3.8) is 0 Å². The molecule has 0 bridgehead atoms. The van der Waals surface area contributed by atoms with Gasteiger partial charge in [-0.2, -0.15) is 0 Å². The van der Waals surface area contributed by atoms with Crippen molar-refractivity contribution in [1.82, 2.24) is 0 Å². The number of aliphatic hydroxyl groups is 4. The molecular weight excluding hydrogens is 737 g/mol. The molecule has 0 aromatic heterocycles. The molecule has 0 aromatic rings. The van der Waals surface area contributed by atoms with Crippen molar-refractivity contribution in [2.45, 2.75) is 153 Å². The molecule has 6 saturated carbocycles. The van der Waals surface area contributed by atoms with Crippen LogP contribution in [0.2, 0.25) is 0 Å². The van der Waals surface area contributed by atoms with E-state index in [2.05, 4.69) is 0 Å². The topological polar surface area (TPSA) is 168 Å². The lowest BCUT2D eigenvalue weighted by molar-refractivity contribution is -0.218. The Balaban J connectivity index is 0.929. The zero-order chi connectivity index (χ0) is 41.5. The molecule has 0 spiro atoms. The van der Waals surface area contributed by atoms with Crippen molar-refractivity contribution in [3.8, 4) is 0 Å². The molecule has 13 heteroatoms. The number of halogens is 2. The van der Waals surface area contributed by atoms with Gasteiger partial charge in [0, 0.05) is 33.5 Å². The molecule has 0 saturated heterocycles. The van der Waals surface area contributed by atoms with Gasteiger partial charge < -0.3 is 29.7 Å². The van der Waals surface area contributed by atoms with Crippen LogP contribution in [0.15, 0.2) is 47.6 Å². The lowest BCUT2D eigenvalue weighted by Crippen LogP contribution is -2.69. The Morgan fingerprint density at radius 3 is 1.42 bits per heavy atom. The van der Waals surface area contributed by atoms with E-state index < -0.39 is 104 Å². The minimum absolute atomic E-state index is 0.0361. The van der Waals surface area contributed by atoms with E-state index in [0.717, 1.165) is 7.69 Å². The fourth-order valence-corrected chi connectivity index (χ4v) is 14.2. The maximum absolute atomic E-state index is 17.5. The summed E-state index contributed by atoms with van der Waals surface area (Å²) >= 11 is 0. The van der Waals surface area contributed by atoms with E-state index in [-0.39, 0.29) is 37.2 Å². The van der Waals surface area contributed by atoms with E-state index in [1.807, 2.05) is 0 Å². The van der Waals surface area contributed by atoms with Crippen LogP contribution in [-0.4, -0.2) is 98.2 Å². The second-order valence-electron chi connectivity index (χ2n) is 19.7. The summed E-state index contributed by atoms with van der Waals surface area (Å²) < 4.78 is 46.3. The first-order valence-corrected chi connectivity index (χ1v) is 20.8. The third-order valence-corrected chi connectivity index (χ3v) is 17.7. The van der Waals surface area contributed by atoms with Crippen LogP contribution in [0.3, 0.4) is 0 Å². The molecule has 0 amide bonds. The van der Waals surface area contributed by atoms with Crippen molar-refractivity contribution >= 4 is 30.8 Å². The van der Waals surface area contributed by atoms with Gasteiger partial charge in [-0.3, -0.25) is 19.2 Å². The summed E-state index contributed by atoms with van der Waals surface area (Å²) in [5.41, 5.74) is -11.6. The first-order valence-electron chi connectivity index (χ1n) is 20.8. The number of ketones is 4. The Morgan fingerprint density at radius 1 is 0.684 bits per heavy atom. The number of aliphatic hydroxyl groups excluding tert-OH is 2. The standard InChI is InChI=1S/C44H56BF2O10/c1-23(35(52)41(54)17-13-29-31-9-7-25-19-27(48)11-15-37(25,3)43(31,46)33(50)21-39(29,41)5)56-45-57-24(2)36(53)42(55)18-14-30-32-10-8-26-20-28(49)12-16-38(26,4)44(32,47)34(51)22-40(30,42)6/h11-12,15-16,19-20,23-24,29-34,50-51,54-55H,7-10,13-14,17-18,21-22H2,1-6H3. The molecule has 16 atom stereocenters. The lowest BCUT2D eigenvalue weighted by atomic mass is 9.44. The van der Waals surface area contributed by atoms with Crippen LogP contribution in [0.4, 0.5) is 8.78 Å². The van der Waals surface area contributed by atoms with Gasteiger partial charge in [-0.1, -0.05) is 37.1 Å². The van der Waals surface area contributed by atoms with Crippen molar-refractivity contribution in [2.24, 2.45) is 45.3 Å². The first-order chi connectivity index (χ1) is 26.5. The highest BCUT2D eigenvalue weighted by atomic mass is 19.1. The molecule has 8 aliphatic carbocycles. The highest BCUT2D eigenvalue weighted by Gasteiger charge is 2.76. The maximum Gasteiger partial charge on any atom is 0.489 e. The van der Waals surface area contributed by atoms with Gasteiger partial charge in [0.05, 0.1) is 12.2 Å². The lowest BCUT2D eigenvalue weighted by Gasteiger charge is -2.62. The molecule has 10 nitrogen and oxygen atoms in total. The van der Waals surface area contributed by atoms with E-state index in [1.165, 1.54) is 38.2 Å². The fourth-order valence-electron chi connectivity index (χ4n) is 14.2. The summed E-state index contributed by atoms with van der Waals surface area (Å²) in [6.45, 7) is 9.77. The highest BCUT2D eigenvalue weighted by Crippen LogP contribution is 2.71. The average molecular weight is 794 g/mol. The smallest absolute Gasteiger partial charge is 0.403 e. The Morgan fingerprint density at radius 2 is 1.05 bits per heavy atom. The summed E-state index contributed by atoms with van der Waals surface area (Å²) in [4.78, 5) is 52.5. The molecule has 309 valence electrons. The van der Waals surface area contributed by atoms with Crippen molar-refractivity contribution in [1.29, 1.82) is 0 Å². The van der Waals surface area contributed by atoms with Crippen molar-refractivity contribution < 1.29 is 57.7 Å². The van der Waals surface area contributed by atoms with E-state index in [4.69, 9.17) is 9.31 Å². The number of allylic oxidation sites excluding steroid dienone is 8. The summed E-state index contributed by atoms with van der Waals surface area (Å²) in [6, 6.07) is 0. The number of alkyl halides is 2. The van der Waals surface area contributed by atoms with Crippen LogP contribution in [-0.2, 0) is 28.5 Å². The number of Topliss-reactive ketones (excluding diaryl/α,β-unsaturated/α-hetero) is 2. The van der Waals surface area contributed by atoms with Gasteiger partial charge >= 0.3 is 7.69 Å². The Hall–Kier alpha value is -2.68. The molecule has 4 N–H and O–H groups in total. The Bertz CT molecular complexity index is 1800. The molecule has 57 heavy (non-hydrogen) atoms. The molecule has 0 aromatic carbocycles. The van der Waals surface area contributed by atoms with Crippen LogP contribution in [0.1, 0.15) is 106 Å². The number of carbonyl (C=O) groups is 4. The van der Waals surface area contributed by atoms with E-state index >= 15 is 8.78 Å². The van der Waals surface area contributed by atoms with Gasteiger partial charge in [0.2, 0.25) is 0 Å². The van der Waals surface area contributed by atoms with Gasteiger partial charge in [0.25, 0.3) is 0 Å². The molecule has 6 fully saturated rings. The predicted molar refractivity (Wildman–Crippen MR) is 203 cm³/mol. The van der Waals surface area contributed by atoms with Crippen LogP contribution in [0.25, 0.3) is 0 Å². The van der Waals surface area contributed by atoms with Crippen LogP contribution in [0, 0.1) is 45.3 Å². The Kier molecular flexibility index (Phi) is 9.31. The monoisotopic (exact) mass is 793 g/mol. The first kappa shape index (κ1) is 41.1. The third kappa shape index (κ3) is 5.02. The zero-order valence-corrected chi connectivity index (χ0v) is 33.7. The molecule has 0 aliphatic heterocycles. The van der Waals surface area contributed by atoms with E-state index in [1.54, 1.807) is 39.8 Å². The second-order valence-corrected chi connectivity index (χ2v) is 19.7. The van der Waals surface area contributed by atoms with Crippen LogP contribution in [0.5, 0.6) is 0 Å². The summed E-state index contributed by atoms with van der Waals surface area (Å²) in [5, 5.41) is 47.6. The SMILES string of the molecule is CC(O[B]OC(C)C(=O)C1(O)CCC2C3CCC4=CC(=O)C=CC4(C)C3(F)C(O)CC21C)C(=O)C1(O)CCC2C3CCC4=CC(=O)C=CC4(C)C3(F)C(O)CC21C. The summed E-state index contributed by atoms with van der Waals surface area (Å²) in [6.07, 6.45) is 5.23. The quantitative estimate of drug-likeness (QED) is 0.254. The summed E-state index contributed by atoms with van der Waals surface area (Å²) in [7, 11) is 0.852. The van der Waals surface area contributed by atoms with Gasteiger partial charge in [-0.05, 0) is 128 Å².